The summed E-state index contributed by atoms with van der Waals surface area (Å²) in [4.78, 5) is 22.5. The largest absolute Gasteiger partial charge is 0.472 e. The van der Waals surface area contributed by atoms with E-state index in [1.807, 2.05) is 0 Å². The van der Waals surface area contributed by atoms with Gasteiger partial charge in [-0.05, 0) is 57.8 Å². The highest BCUT2D eigenvalue weighted by atomic mass is 31.2. The Kier molecular flexibility index (Phi) is 41.7. The van der Waals surface area contributed by atoms with E-state index < -0.39 is 39.2 Å². The third-order valence-electron chi connectivity index (χ3n) is 9.84. The fourth-order valence-electron chi connectivity index (χ4n) is 6.35. The molecule has 0 saturated carbocycles. The third-order valence-corrected chi connectivity index (χ3v) is 10.8. The Balaban J connectivity index is 3.98. The molecule has 0 aromatic rings. The van der Waals surface area contributed by atoms with Crippen LogP contribution in [-0.2, 0) is 27.9 Å². The van der Waals surface area contributed by atoms with Crippen LogP contribution < -0.4 is 0 Å². The molecule has 0 aromatic carbocycles. The van der Waals surface area contributed by atoms with Crippen LogP contribution in [0.1, 0.15) is 213 Å². The van der Waals surface area contributed by atoms with Gasteiger partial charge in [-0.25, -0.2) is 4.57 Å². The summed E-state index contributed by atoms with van der Waals surface area (Å²) < 4.78 is 33.3. The zero-order valence-corrected chi connectivity index (χ0v) is 36.6. The summed E-state index contributed by atoms with van der Waals surface area (Å²) in [6.07, 6.45) is 44.4. The zero-order valence-electron chi connectivity index (χ0n) is 35.7. The number of hydrogen-bond acceptors (Lipinski definition) is 8. The molecule has 3 atom stereocenters. The molecular weight excluding hydrogens is 715 g/mol. The highest BCUT2D eigenvalue weighted by Crippen LogP contribution is 2.43. The van der Waals surface area contributed by atoms with Gasteiger partial charge in [0, 0.05) is 13.0 Å². The first-order valence-corrected chi connectivity index (χ1v) is 24.3. The first kappa shape index (κ1) is 53.9. The Morgan fingerprint density at radius 3 is 1.44 bits per heavy atom. The molecule has 0 aliphatic rings. The second kappa shape index (κ2) is 42.5. The van der Waals surface area contributed by atoms with E-state index >= 15 is 0 Å². The molecule has 55 heavy (non-hydrogen) atoms. The average molecular weight is 803 g/mol. The Morgan fingerprint density at radius 1 is 0.545 bits per heavy atom. The van der Waals surface area contributed by atoms with Gasteiger partial charge in [0.25, 0.3) is 0 Å². The molecule has 3 unspecified atom stereocenters. The minimum absolute atomic E-state index is 0.0482. The SMILES string of the molecule is CCC/C=C\CCCCCCCC(=O)OC(COCCCCCCCCCCCCCC/C=C\CCCCCCCCCC)COP(=O)(O)OCC(O)CO. The van der Waals surface area contributed by atoms with E-state index in [-0.39, 0.29) is 19.6 Å². The molecule has 0 aliphatic heterocycles. The molecule has 0 spiro atoms. The number of carbonyl (C=O) groups is 1. The van der Waals surface area contributed by atoms with Crippen molar-refractivity contribution in [3.63, 3.8) is 0 Å². The van der Waals surface area contributed by atoms with Crippen molar-refractivity contribution in [3.05, 3.63) is 24.3 Å². The number of hydrogen-bond donors (Lipinski definition) is 3. The summed E-state index contributed by atoms with van der Waals surface area (Å²) in [5.74, 6) is -0.392. The van der Waals surface area contributed by atoms with E-state index in [0.29, 0.717) is 6.61 Å². The number of allylic oxidation sites excluding steroid dienone is 4. The molecule has 0 aromatic heterocycles. The van der Waals surface area contributed by atoms with E-state index in [2.05, 4.69) is 38.2 Å². The summed E-state index contributed by atoms with van der Waals surface area (Å²) in [6.45, 7) is 3.46. The Labute approximate surface area is 338 Å². The van der Waals surface area contributed by atoms with Crippen molar-refractivity contribution in [2.75, 3.05) is 33.0 Å². The van der Waals surface area contributed by atoms with Crippen LogP contribution in [0.25, 0.3) is 0 Å². The van der Waals surface area contributed by atoms with E-state index in [1.165, 1.54) is 128 Å². The summed E-state index contributed by atoms with van der Waals surface area (Å²) in [7, 11) is -4.51. The molecule has 0 saturated heterocycles. The van der Waals surface area contributed by atoms with Crippen molar-refractivity contribution >= 4 is 13.8 Å². The van der Waals surface area contributed by atoms with Gasteiger partial charge in [-0.15, -0.1) is 0 Å². The number of phosphoric ester groups is 1. The average Bonchev–Trinajstić information content (AvgIpc) is 3.18. The maximum Gasteiger partial charge on any atom is 0.472 e. The molecule has 3 N–H and O–H groups in total. The second-order valence-electron chi connectivity index (χ2n) is 15.4. The van der Waals surface area contributed by atoms with Crippen molar-refractivity contribution in [2.24, 2.45) is 0 Å². The van der Waals surface area contributed by atoms with Gasteiger partial charge in [-0.3, -0.25) is 13.8 Å². The number of ether oxygens (including phenoxy) is 2. The van der Waals surface area contributed by atoms with Gasteiger partial charge in [0.1, 0.15) is 12.2 Å². The normalized spacial score (nSPS) is 14.2. The van der Waals surface area contributed by atoms with Crippen LogP contribution >= 0.6 is 7.82 Å². The first-order valence-electron chi connectivity index (χ1n) is 22.8. The molecule has 0 radical (unpaired) electrons. The van der Waals surface area contributed by atoms with Gasteiger partial charge in [0.15, 0.2) is 0 Å². The standard InChI is InChI=1S/C45H87O9P/c1-3-5-7-9-11-13-15-16-17-18-19-20-21-22-23-24-25-26-27-28-30-32-34-36-38-51-41-44(42-53-55(49,50)52-40-43(47)39-46)54-45(48)37-35-33-31-29-14-12-10-8-6-4-2/h8,10,18-19,43-44,46-47H,3-7,9,11-17,20-42H2,1-2H3,(H,49,50)/b10-8-,19-18-. The van der Waals surface area contributed by atoms with Crippen molar-refractivity contribution in [1.82, 2.24) is 0 Å². The molecular formula is C45H87O9P. The predicted molar refractivity (Wildman–Crippen MR) is 228 cm³/mol. The van der Waals surface area contributed by atoms with Crippen LogP contribution in [0.2, 0.25) is 0 Å². The molecule has 326 valence electrons. The van der Waals surface area contributed by atoms with Crippen LogP contribution in [0, 0.1) is 0 Å². The Bertz CT molecular complexity index is 913. The monoisotopic (exact) mass is 803 g/mol. The molecule has 9 nitrogen and oxygen atoms in total. The van der Waals surface area contributed by atoms with E-state index in [0.717, 1.165) is 64.2 Å². The topological polar surface area (TPSA) is 132 Å². The van der Waals surface area contributed by atoms with Gasteiger partial charge < -0.3 is 24.6 Å². The van der Waals surface area contributed by atoms with Crippen LogP contribution in [0.5, 0.6) is 0 Å². The Morgan fingerprint density at radius 2 is 0.964 bits per heavy atom. The highest BCUT2D eigenvalue weighted by Gasteiger charge is 2.26. The minimum atomic E-state index is -4.51. The fourth-order valence-corrected chi connectivity index (χ4v) is 7.14. The lowest BCUT2D eigenvalue weighted by atomic mass is 10.0. The molecule has 0 rings (SSSR count). The molecule has 0 heterocycles. The molecule has 0 aliphatic carbocycles. The highest BCUT2D eigenvalue weighted by molar-refractivity contribution is 7.47. The fraction of sp³-hybridized carbons (Fsp3) is 0.889. The number of carbonyl (C=O) groups excluding carboxylic acids is 1. The van der Waals surface area contributed by atoms with Gasteiger partial charge in [0.2, 0.25) is 0 Å². The van der Waals surface area contributed by atoms with Crippen LogP contribution in [0.4, 0.5) is 0 Å². The minimum Gasteiger partial charge on any atom is -0.457 e. The second-order valence-corrected chi connectivity index (χ2v) is 16.9. The Hall–Kier alpha value is -1.06. The van der Waals surface area contributed by atoms with Crippen LogP contribution in [-0.4, -0.2) is 66.3 Å². The number of phosphoric acid groups is 1. The van der Waals surface area contributed by atoms with Crippen molar-refractivity contribution in [1.29, 1.82) is 0 Å². The lowest BCUT2D eigenvalue weighted by molar-refractivity contribution is -0.154. The summed E-state index contributed by atoms with van der Waals surface area (Å²) >= 11 is 0. The summed E-state index contributed by atoms with van der Waals surface area (Å²) in [5, 5.41) is 18.3. The molecule has 0 bridgehead atoms. The molecule has 0 fully saturated rings. The maximum atomic E-state index is 12.5. The van der Waals surface area contributed by atoms with E-state index in [1.54, 1.807) is 0 Å². The van der Waals surface area contributed by atoms with Gasteiger partial charge in [-0.1, -0.05) is 173 Å². The summed E-state index contributed by atoms with van der Waals surface area (Å²) in [6, 6.07) is 0. The zero-order chi connectivity index (χ0) is 40.3. The first-order chi connectivity index (χ1) is 26.8. The maximum absolute atomic E-state index is 12.5. The third kappa shape index (κ3) is 42.4. The number of rotatable bonds is 44. The van der Waals surface area contributed by atoms with Crippen molar-refractivity contribution in [2.45, 2.75) is 225 Å². The number of unbranched alkanes of at least 4 members (excludes halogenated alkanes) is 26. The van der Waals surface area contributed by atoms with Crippen LogP contribution in [0.15, 0.2) is 24.3 Å². The lowest BCUT2D eigenvalue weighted by Gasteiger charge is -2.20. The smallest absolute Gasteiger partial charge is 0.457 e. The molecule has 0 amide bonds. The van der Waals surface area contributed by atoms with Gasteiger partial charge in [-0.2, -0.15) is 0 Å². The lowest BCUT2D eigenvalue weighted by Crippen LogP contribution is -2.29. The predicted octanol–water partition coefficient (Wildman–Crippen LogP) is 12.6. The van der Waals surface area contributed by atoms with Crippen molar-refractivity contribution < 1.29 is 43.0 Å². The summed E-state index contributed by atoms with van der Waals surface area (Å²) in [5.41, 5.74) is 0. The quantitative estimate of drug-likeness (QED) is 0.0238. The number of esters is 1. The van der Waals surface area contributed by atoms with Gasteiger partial charge >= 0.3 is 13.8 Å². The number of aliphatic hydroxyl groups is 2. The van der Waals surface area contributed by atoms with Crippen LogP contribution in [0.3, 0.4) is 0 Å². The molecule has 10 heteroatoms. The van der Waals surface area contributed by atoms with Crippen molar-refractivity contribution in [3.8, 4) is 0 Å². The van der Waals surface area contributed by atoms with E-state index in [9.17, 15) is 19.4 Å². The van der Waals surface area contributed by atoms with E-state index in [4.69, 9.17) is 23.6 Å². The van der Waals surface area contributed by atoms with Gasteiger partial charge in [0.05, 0.1) is 26.4 Å². The number of aliphatic hydroxyl groups excluding tert-OH is 2.